The second-order valence-electron chi connectivity index (χ2n) is 7.11. The van der Waals surface area contributed by atoms with E-state index in [4.69, 9.17) is 0 Å². The van der Waals surface area contributed by atoms with Crippen molar-refractivity contribution in [1.82, 2.24) is 0 Å². The Morgan fingerprint density at radius 2 is 2.04 bits per heavy atom. The van der Waals surface area contributed by atoms with Crippen molar-refractivity contribution in [2.75, 3.05) is 6.61 Å². The molecule has 0 heterocycles. The summed E-state index contributed by atoms with van der Waals surface area (Å²) in [5.41, 5.74) is 5.30. The molecule has 120 valence electrons. The molecular weight excluding hydrogens is 288 g/mol. The van der Waals surface area contributed by atoms with E-state index in [1.807, 2.05) is 13.0 Å². The van der Waals surface area contributed by atoms with Crippen LogP contribution in [0.4, 0.5) is 0 Å². The van der Waals surface area contributed by atoms with E-state index in [1.165, 1.54) is 5.57 Å². The van der Waals surface area contributed by atoms with Crippen molar-refractivity contribution >= 4 is 16.9 Å². The number of fused-ring (bicyclic) bond motifs is 5. The molecule has 3 heteroatoms. The number of hydrogen-bond donors (Lipinski definition) is 2. The average molecular weight is 310 g/mol. The Morgan fingerprint density at radius 1 is 1.26 bits per heavy atom. The van der Waals surface area contributed by atoms with E-state index in [1.54, 1.807) is 12.1 Å². The highest BCUT2D eigenvalue weighted by atomic mass is 16.3. The molecule has 3 aliphatic rings. The van der Waals surface area contributed by atoms with Gasteiger partial charge in [-0.2, -0.15) is 0 Å². The van der Waals surface area contributed by atoms with Gasteiger partial charge >= 0.3 is 0 Å². The van der Waals surface area contributed by atoms with Gasteiger partial charge in [-0.15, -0.1) is 0 Å². The van der Waals surface area contributed by atoms with E-state index in [2.05, 4.69) is 13.0 Å². The predicted octanol–water partition coefficient (Wildman–Crippen LogP) is 3.42. The maximum atomic E-state index is 12.9. The number of rotatable bonds is 1. The van der Waals surface area contributed by atoms with Crippen molar-refractivity contribution in [2.45, 2.75) is 26.7 Å². The summed E-state index contributed by atoms with van der Waals surface area (Å²) >= 11 is 0. The number of Topliss-reactive ketones (excluding diaryl/α,β-unsaturated/α-hetero) is 1. The monoisotopic (exact) mass is 310 g/mol. The lowest BCUT2D eigenvalue weighted by atomic mass is 9.69. The molecule has 2 bridgehead atoms. The van der Waals surface area contributed by atoms with Gasteiger partial charge < -0.3 is 10.2 Å². The third kappa shape index (κ3) is 1.89. The second-order valence-corrected chi connectivity index (χ2v) is 7.11. The Bertz CT molecular complexity index is 756. The highest BCUT2D eigenvalue weighted by Gasteiger charge is 2.48. The minimum atomic E-state index is 0.139. The van der Waals surface area contributed by atoms with E-state index in [9.17, 15) is 15.0 Å². The zero-order chi connectivity index (χ0) is 16.3. The summed E-state index contributed by atoms with van der Waals surface area (Å²) < 4.78 is 0. The standard InChI is InChI=1S/C20H22O3/c1-3-12-10(2)14-7-17-15-6-11(22)4-5-13(15)20(17)19(23)8-16(12)18(14)9-21/h3-6,10,14,16,18,21-22H,7-9H2,1-2H3/b12-3-. The molecule has 3 nitrogen and oxygen atoms in total. The molecule has 0 aliphatic heterocycles. The van der Waals surface area contributed by atoms with E-state index in [0.29, 0.717) is 18.3 Å². The van der Waals surface area contributed by atoms with Crippen LogP contribution in [0.25, 0.3) is 11.1 Å². The first-order valence-corrected chi connectivity index (χ1v) is 8.43. The van der Waals surface area contributed by atoms with Crippen molar-refractivity contribution in [3.05, 3.63) is 41.0 Å². The Hall–Kier alpha value is -1.87. The molecule has 0 spiro atoms. The summed E-state index contributed by atoms with van der Waals surface area (Å²) in [5.74, 6) is 1.53. The molecule has 23 heavy (non-hydrogen) atoms. The summed E-state index contributed by atoms with van der Waals surface area (Å²) in [6.45, 7) is 4.40. The number of allylic oxidation sites excluding steroid dienone is 4. The molecule has 0 aromatic heterocycles. The number of phenols is 1. The fraction of sp³-hybridized carbons (Fsp3) is 0.450. The molecule has 4 unspecified atom stereocenters. The van der Waals surface area contributed by atoms with Gasteiger partial charge in [0.25, 0.3) is 0 Å². The molecule has 1 aromatic carbocycles. The second kappa shape index (κ2) is 5.07. The molecule has 1 fully saturated rings. The van der Waals surface area contributed by atoms with Crippen LogP contribution in [-0.4, -0.2) is 22.6 Å². The molecule has 0 amide bonds. The van der Waals surface area contributed by atoms with E-state index in [0.717, 1.165) is 28.7 Å². The van der Waals surface area contributed by atoms with Gasteiger partial charge in [0.05, 0.1) is 0 Å². The summed E-state index contributed by atoms with van der Waals surface area (Å²) in [7, 11) is 0. The molecule has 4 atom stereocenters. The lowest BCUT2D eigenvalue weighted by Crippen LogP contribution is -2.28. The SMILES string of the molecule is C/C=C1/C(C)C2CC3=C(C(=O)CC1C2CO)c1ccc(O)cc13. The summed E-state index contributed by atoms with van der Waals surface area (Å²) in [6.07, 6.45) is 3.45. The first-order chi connectivity index (χ1) is 11.1. The van der Waals surface area contributed by atoms with Gasteiger partial charge in [-0.3, -0.25) is 4.79 Å². The molecule has 1 aromatic rings. The van der Waals surface area contributed by atoms with Gasteiger partial charge in [0.2, 0.25) is 0 Å². The topological polar surface area (TPSA) is 57.5 Å². The number of ketones is 1. The van der Waals surface area contributed by atoms with Gasteiger partial charge in [-0.05, 0) is 71.9 Å². The van der Waals surface area contributed by atoms with Crippen molar-refractivity contribution < 1.29 is 15.0 Å². The molecule has 0 radical (unpaired) electrons. The number of aliphatic hydroxyl groups excluding tert-OH is 1. The van der Waals surface area contributed by atoms with Crippen LogP contribution in [0, 0.1) is 23.7 Å². The van der Waals surface area contributed by atoms with E-state index >= 15 is 0 Å². The third-order valence-corrected chi connectivity index (χ3v) is 6.23. The summed E-state index contributed by atoms with van der Waals surface area (Å²) in [5, 5.41) is 19.7. The van der Waals surface area contributed by atoms with Crippen LogP contribution < -0.4 is 0 Å². The normalized spacial score (nSPS) is 33.9. The van der Waals surface area contributed by atoms with Crippen molar-refractivity contribution in [2.24, 2.45) is 23.7 Å². The number of hydrogen-bond acceptors (Lipinski definition) is 3. The van der Waals surface area contributed by atoms with Crippen LogP contribution in [0.3, 0.4) is 0 Å². The number of carbonyl (C=O) groups is 1. The van der Waals surface area contributed by atoms with Gasteiger partial charge in [0, 0.05) is 18.6 Å². The summed E-state index contributed by atoms with van der Waals surface area (Å²) in [4.78, 5) is 12.9. The van der Waals surface area contributed by atoms with Crippen LogP contribution >= 0.6 is 0 Å². The molecule has 1 saturated carbocycles. The average Bonchev–Trinajstić information content (AvgIpc) is 2.77. The Morgan fingerprint density at radius 3 is 2.74 bits per heavy atom. The molecule has 4 rings (SSSR count). The van der Waals surface area contributed by atoms with Crippen LogP contribution in [0.1, 0.15) is 37.8 Å². The molecule has 2 N–H and O–H groups in total. The van der Waals surface area contributed by atoms with Crippen molar-refractivity contribution in [3.63, 3.8) is 0 Å². The lowest BCUT2D eigenvalue weighted by molar-refractivity contribution is -0.114. The number of phenolic OH excluding ortho intramolecular Hbond substituents is 1. The number of carbonyl (C=O) groups excluding carboxylic acids is 1. The summed E-state index contributed by atoms with van der Waals surface area (Å²) in [6, 6.07) is 5.28. The fourth-order valence-corrected chi connectivity index (χ4v) is 5.14. The lowest BCUT2D eigenvalue weighted by Gasteiger charge is -2.34. The zero-order valence-electron chi connectivity index (χ0n) is 13.5. The minimum absolute atomic E-state index is 0.139. The third-order valence-electron chi connectivity index (χ3n) is 6.23. The Labute approximate surface area is 136 Å². The quantitative estimate of drug-likeness (QED) is 0.782. The van der Waals surface area contributed by atoms with Gasteiger partial charge in [0.1, 0.15) is 5.75 Å². The highest BCUT2D eigenvalue weighted by molar-refractivity contribution is 6.34. The predicted molar refractivity (Wildman–Crippen MR) is 89.6 cm³/mol. The van der Waals surface area contributed by atoms with E-state index < -0.39 is 0 Å². The smallest absolute Gasteiger partial charge is 0.164 e. The van der Waals surface area contributed by atoms with Crippen molar-refractivity contribution in [3.8, 4) is 5.75 Å². The minimum Gasteiger partial charge on any atom is -0.508 e. The van der Waals surface area contributed by atoms with Crippen LogP contribution in [0.15, 0.2) is 29.8 Å². The zero-order valence-corrected chi connectivity index (χ0v) is 13.5. The van der Waals surface area contributed by atoms with Gasteiger partial charge in [0.15, 0.2) is 5.78 Å². The maximum absolute atomic E-state index is 12.9. The Kier molecular flexibility index (Phi) is 3.24. The number of aromatic hydroxyl groups is 1. The fourth-order valence-electron chi connectivity index (χ4n) is 5.14. The van der Waals surface area contributed by atoms with E-state index in [-0.39, 0.29) is 30.0 Å². The Balaban J connectivity index is 1.82. The first kappa shape index (κ1) is 14.7. The van der Waals surface area contributed by atoms with Gasteiger partial charge in [-0.1, -0.05) is 18.6 Å². The van der Waals surface area contributed by atoms with Crippen LogP contribution in [0.2, 0.25) is 0 Å². The molecule has 0 saturated heterocycles. The molecule has 3 aliphatic carbocycles. The highest BCUT2D eigenvalue weighted by Crippen LogP contribution is 2.56. The largest absolute Gasteiger partial charge is 0.508 e. The van der Waals surface area contributed by atoms with Crippen LogP contribution in [0.5, 0.6) is 5.75 Å². The van der Waals surface area contributed by atoms with Crippen molar-refractivity contribution in [1.29, 1.82) is 0 Å². The first-order valence-electron chi connectivity index (χ1n) is 8.43. The van der Waals surface area contributed by atoms with Crippen LogP contribution in [-0.2, 0) is 4.79 Å². The maximum Gasteiger partial charge on any atom is 0.164 e. The number of benzene rings is 1. The van der Waals surface area contributed by atoms with Gasteiger partial charge in [-0.25, -0.2) is 0 Å². The molecular formula is C20H22O3. The number of aliphatic hydroxyl groups is 1.